The van der Waals surface area contributed by atoms with Crippen molar-refractivity contribution in [1.29, 1.82) is 0 Å². The summed E-state index contributed by atoms with van der Waals surface area (Å²) >= 11 is 0. The topological polar surface area (TPSA) is 64.6 Å². The number of rotatable bonds is 7. The molecule has 1 atom stereocenters. The van der Waals surface area contributed by atoms with Crippen LogP contribution in [0.3, 0.4) is 0 Å². The van der Waals surface area contributed by atoms with E-state index in [9.17, 15) is 9.00 Å². The van der Waals surface area contributed by atoms with Crippen LogP contribution < -0.4 is 10.1 Å². The number of aryl methyl sites for hydroxylation is 1. The van der Waals surface area contributed by atoms with Crippen LogP contribution in [0.4, 0.5) is 10.5 Å². The number of nitrogens with one attached hydrogen (secondary N) is 1. The van der Waals surface area contributed by atoms with Gasteiger partial charge in [-0.2, -0.15) is 0 Å². The quantitative estimate of drug-likeness (QED) is 0.758. The zero-order valence-corrected chi connectivity index (χ0v) is 14.9. The van der Waals surface area contributed by atoms with Crippen molar-refractivity contribution in [2.24, 2.45) is 0 Å². The smallest absolute Gasteiger partial charge is 0.411 e. The molecule has 0 spiro atoms. The molecule has 2 aromatic carbocycles. The number of carbonyl (C=O) groups is 1. The van der Waals surface area contributed by atoms with Gasteiger partial charge in [0.1, 0.15) is 12.4 Å². The highest BCUT2D eigenvalue weighted by atomic mass is 32.2. The highest BCUT2D eigenvalue weighted by Crippen LogP contribution is 2.26. The van der Waals surface area contributed by atoms with Gasteiger partial charge in [-0.15, -0.1) is 0 Å². The van der Waals surface area contributed by atoms with E-state index in [4.69, 9.17) is 9.47 Å². The molecule has 1 unspecified atom stereocenters. The molecule has 0 fully saturated rings. The van der Waals surface area contributed by atoms with E-state index in [1.165, 1.54) is 5.56 Å². The number of cyclic esters (lactones) is 1. The first-order valence-electron chi connectivity index (χ1n) is 8.26. The number of benzene rings is 2. The van der Waals surface area contributed by atoms with Crippen LogP contribution in [0.5, 0.6) is 5.75 Å². The fourth-order valence-corrected chi connectivity index (χ4v) is 3.67. The van der Waals surface area contributed by atoms with Gasteiger partial charge in [0.05, 0.1) is 23.1 Å². The summed E-state index contributed by atoms with van der Waals surface area (Å²) in [7, 11) is -0.957. The molecule has 0 saturated heterocycles. The fraction of sp³-hybridized carbons (Fsp3) is 0.316. The lowest BCUT2D eigenvalue weighted by molar-refractivity contribution is 0.151. The zero-order valence-electron chi connectivity index (χ0n) is 14.1. The molecule has 25 heavy (non-hydrogen) atoms. The number of fused-ring (bicyclic) bond motifs is 1. The monoisotopic (exact) mass is 359 g/mol. The predicted molar refractivity (Wildman–Crippen MR) is 97.4 cm³/mol. The SMILES string of the molecule is Cc1ccc(S(=O)CCCCOc2ccc3c(c2)COC(=O)N3)cc1. The van der Waals surface area contributed by atoms with E-state index in [0.717, 1.165) is 34.7 Å². The van der Waals surface area contributed by atoms with Crippen molar-refractivity contribution < 1.29 is 18.5 Å². The fourth-order valence-electron chi connectivity index (χ4n) is 2.52. The molecular weight excluding hydrogens is 338 g/mol. The average Bonchev–Trinajstić information content (AvgIpc) is 2.62. The summed E-state index contributed by atoms with van der Waals surface area (Å²) in [6, 6.07) is 13.3. The number of unbranched alkanes of at least 4 members (excludes halogenated alkanes) is 1. The maximum absolute atomic E-state index is 12.2. The lowest BCUT2D eigenvalue weighted by Crippen LogP contribution is -2.20. The summed E-state index contributed by atoms with van der Waals surface area (Å²) in [4.78, 5) is 12.0. The minimum Gasteiger partial charge on any atom is -0.494 e. The molecule has 0 aromatic heterocycles. The summed E-state index contributed by atoms with van der Waals surface area (Å²) in [5, 5.41) is 2.64. The van der Waals surface area contributed by atoms with Gasteiger partial charge in [-0.25, -0.2) is 4.79 Å². The number of hydrogen-bond donors (Lipinski definition) is 1. The van der Waals surface area contributed by atoms with E-state index in [-0.39, 0.29) is 6.61 Å². The first-order chi connectivity index (χ1) is 12.1. The molecule has 0 aliphatic carbocycles. The van der Waals surface area contributed by atoms with Gasteiger partial charge in [-0.3, -0.25) is 9.53 Å². The Morgan fingerprint density at radius 1 is 1.16 bits per heavy atom. The van der Waals surface area contributed by atoms with Crippen molar-refractivity contribution in [3.8, 4) is 5.75 Å². The number of amides is 1. The van der Waals surface area contributed by atoms with E-state index < -0.39 is 16.9 Å². The van der Waals surface area contributed by atoms with Crippen molar-refractivity contribution >= 4 is 22.6 Å². The highest BCUT2D eigenvalue weighted by Gasteiger charge is 2.15. The van der Waals surface area contributed by atoms with Gasteiger partial charge in [0.15, 0.2) is 0 Å². The summed E-state index contributed by atoms with van der Waals surface area (Å²) in [6.45, 7) is 2.84. The van der Waals surface area contributed by atoms with Crippen LogP contribution in [0, 0.1) is 6.92 Å². The van der Waals surface area contributed by atoms with Crippen LogP contribution in [0.15, 0.2) is 47.4 Å². The van der Waals surface area contributed by atoms with Gasteiger partial charge < -0.3 is 9.47 Å². The van der Waals surface area contributed by atoms with Gasteiger partial charge in [0.25, 0.3) is 0 Å². The Morgan fingerprint density at radius 2 is 1.96 bits per heavy atom. The van der Waals surface area contributed by atoms with Gasteiger partial charge >= 0.3 is 6.09 Å². The van der Waals surface area contributed by atoms with Crippen molar-refractivity contribution in [3.63, 3.8) is 0 Å². The molecule has 1 aliphatic rings. The summed E-state index contributed by atoms with van der Waals surface area (Å²) in [5.41, 5.74) is 2.83. The summed E-state index contributed by atoms with van der Waals surface area (Å²) < 4.78 is 22.9. The standard InChI is InChI=1S/C19H21NO4S/c1-14-4-7-17(8-5-14)25(22)11-3-2-10-23-16-6-9-18-15(12-16)13-24-19(21)20-18/h4-9,12H,2-3,10-11,13H2,1H3,(H,20,21). The summed E-state index contributed by atoms with van der Waals surface area (Å²) in [6.07, 6.45) is 1.25. The van der Waals surface area contributed by atoms with Crippen LogP contribution in [0.25, 0.3) is 0 Å². The van der Waals surface area contributed by atoms with Crippen LogP contribution in [0.2, 0.25) is 0 Å². The van der Waals surface area contributed by atoms with Crippen LogP contribution in [-0.2, 0) is 22.1 Å². The molecule has 0 radical (unpaired) electrons. The third kappa shape index (κ3) is 4.82. The Morgan fingerprint density at radius 3 is 2.76 bits per heavy atom. The third-order valence-electron chi connectivity index (χ3n) is 3.95. The predicted octanol–water partition coefficient (Wildman–Crippen LogP) is 4.02. The molecule has 1 aliphatic heterocycles. The maximum Gasteiger partial charge on any atom is 0.411 e. The summed E-state index contributed by atoms with van der Waals surface area (Å²) in [5.74, 6) is 1.38. The van der Waals surface area contributed by atoms with Crippen molar-refractivity contribution in [1.82, 2.24) is 0 Å². The zero-order chi connectivity index (χ0) is 17.6. The Kier molecular flexibility index (Phi) is 5.71. The Bertz CT molecular complexity index is 773. The van der Waals surface area contributed by atoms with Crippen molar-refractivity contribution in [2.45, 2.75) is 31.3 Å². The molecule has 132 valence electrons. The first kappa shape index (κ1) is 17.5. The second-order valence-corrected chi connectivity index (χ2v) is 7.51. The van der Waals surface area contributed by atoms with E-state index in [2.05, 4.69) is 5.32 Å². The average molecular weight is 359 g/mol. The second-order valence-electron chi connectivity index (χ2n) is 5.94. The molecular formula is C19H21NO4S. The number of anilines is 1. The molecule has 1 N–H and O–H groups in total. The second kappa shape index (κ2) is 8.16. The molecule has 2 aromatic rings. The Balaban J connectivity index is 1.41. The van der Waals surface area contributed by atoms with Crippen LogP contribution in [-0.4, -0.2) is 22.7 Å². The van der Waals surface area contributed by atoms with Gasteiger partial charge in [-0.05, 0) is 50.1 Å². The largest absolute Gasteiger partial charge is 0.494 e. The molecule has 6 heteroatoms. The van der Waals surface area contributed by atoms with Gasteiger partial charge in [0.2, 0.25) is 0 Å². The van der Waals surface area contributed by atoms with E-state index in [1.807, 2.05) is 49.4 Å². The molecule has 0 bridgehead atoms. The molecule has 3 rings (SSSR count). The van der Waals surface area contributed by atoms with Crippen LogP contribution in [0.1, 0.15) is 24.0 Å². The van der Waals surface area contributed by atoms with Crippen LogP contribution >= 0.6 is 0 Å². The van der Waals surface area contributed by atoms with Crippen molar-refractivity contribution in [2.75, 3.05) is 17.7 Å². The van der Waals surface area contributed by atoms with Gasteiger partial charge in [0, 0.05) is 16.2 Å². The number of carbonyl (C=O) groups excluding carboxylic acids is 1. The lowest BCUT2D eigenvalue weighted by atomic mass is 10.1. The van der Waals surface area contributed by atoms with Gasteiger partial charge in [-0.1, -0.05) is 17.7 Å². The molecule has 1 amide bonds. The Hall–Kier alpha value is -2.34. The number of ether oxygens (including phenoxy) is 2. The Labute approximate surface area is 149 Å². The normalized spacial score (nSPS) is 14.2. The van der Waals surface area contributed by atoms with E-state index in [0.29, 0.717) is 12.4 Å². The molecule has 0 saturated carbocycles. The first-order valence-corrected chi connectivity index (χ1v) is 9.58. The van der Waals surface area contributed by atoms with E-state index in [1.54, 1.807) is 0 Å². The van der Waals surface area contributed by atoms with Crippen molar-refractivity contribution in [3.05, 3.63) is 53.6 Å². The lowest BCUT2D eigenvalue weighted by Gasteiger charge is -2.18. The molecule has 5 nitrogen and oxygen atoms in total. The minimum atomic E-state index is -0.957. The van der Waals surface area contributed by atoms with E-state index >= 15 is 0 Å². The minimum absolute atomic E-state index is 0.258. The third-order valence-corrected chi connectivity index (χ3v) is 5.41. The highest BCUT2D eigenvalue weighted by molar-refractivity contribution is 7.85. The number of hydrogen-bond acceptors (Lipinski definition) is 4. The molecule has 1 heterocycles. The maximum atomic E-state index is 12.2.